The Morgan fingerprint density at radius 3 is 2.79 bits per heavy atom. The van der Waals surface area contributed by atoms with Crippen molar-refractivity contribution in [3.63, 3.8) is 0 Å². The third-order valence-electron chi connectivity index (χ3n) is 3.60. The number of aromatic hydroxyl groups is 1. The highest BCUT2D eigenvalue weighted by Crippen LogP contribution is 2.31. The number of rotatable bonds is 5. The number of benzene rings is 2. The molecule has 0 amide bonds. The molecule has 1 aromatic heterocycles. The van der Waals surface area contributed by atoms with Crippen LogP contribution in [0.3, 0.4) is 0 Å². The minimum absolute atomic E-state index is 0.112. The van der Waals surface area contributed by atoms with Gasteiger partial charge in [-0.25, -0.2) is 5.01 Å². The average molecular weight is 341 g/mol. The molecular formula is C18H19N3O2S. The fourth-order valence-electron chi connectivity index (χ4n) is 2.37. The summed E-state index contributed by atoms with van der Waals surface area (Å²) in [6, 6.07) is 13.4. The van der Waals surface area contributed by atoms with Crippen molar-refractivity contribution >= 4 is 33.7 Å². The molecule has 3 aromatic rings. The Balaban J connectivity index is 1.95. The molecule has 3 rings (SSSR count). The molecule has 124 valence electrons. The summed E-state index contributed by atoms with van der Waals surface area (Å²) >= 11 is 1.47. The number of phenols is 1. The van der Waals surface area contributed by atoms with Gasteiger partial charge < -0.3 is 9.84 Å². The standard InChI is InChI=1S/C18H19N3O2S/c1-12(2)21(18-14-6-4-5-7-17(14)24-20-18)19-11-13-8-9-15(22)16(10-13)23-3/h4-12,22H,1-3H3/b19-11+. The highest BCUT2D eigenvalue weighted by Gasteiger charge is 2.16. The van der Waals surface area contributed by atoms with Crippen LogP contribution in [0.1, 0.15) is 19.4 Å². The smallest absolute Gasteiger partial charge is 0.170 e. The molecular weight excluding hydrogens is 322 g/mol. The SMILES string of the molecule is COc1cc(/C=N/N(c2nsc3ccccc23)C(C)C)ccc1O. The number of phenolic OH excluding ortho intramolecular Hbond substituents is 1. The zero-order chi connectivity index (χ0) is 17.1. The maximum absolute atomic E-state index is 9.68. The second-order valence-electron chi connectivity index (χ2n) is 5.62. The predicted molar refractivity (Wildman–Crippen MR) is 99.5 cm³/mol. The molecule has 0 bridgehead atoms. The number of nitrogens with zero attached hydrogens (tertiary/aromatic N) is 3. The van der Waals surface area contributed by atoms with Crippen LogP contribution in [0.5, 0.6) is 11.5 Å². The molecule has 0 aliphatic rings. The molecule has 24 heavy (non-hydrogen) atoms. The zero-order valence-corrected chi connectivity index (χ0v) is 14.6. The largest absolute Gasteiger partial charge is 0.504 e. The summed E-state index contributed by atoms with van der Waals surface area (Å²) in [5, 5.41) is 17.3. The summed E-state index contributed by atoms with van der Waals surface area (Å²) in [6.07, 6.45) is 1.75. The number of hydrazone groups is 1. The van der Waals surface area contributed by atoms with E-state index in [1.807, 2.05) is 17.1 Å². The predicted octanol–water partition coefficient (Wildman–Crippen LogP) is 4.26. The lowest BCUT2D eigenvalue weighted by molar-refractivity contribution is 0.373. The summed E-state index contributed by atoms with van der Waals surface area (Å²) < 4.78 is 10.8. The van der Waals surface area contributed by atoms with E-state index in [-0.39, 0.29) is 11.8 Å². The van der Waals surface area contributed by atoms with E-state index in [1.165, 1.54) is 18.6 Å². The van der Waals surface area contributed by atoms with Crippen molar-refractivity contribution < 1.29 is 9.84 Å². The van der Waals surface area contributed by atoms with Crippen molar-refractivity contribution in [3.8, 4) is 11.5 Å². The molecule has 0 atom stereocenters. The lowest BCUT2D eigenvalue weighted by atomic mass is 10.2. The van der Waals surface area contributed by atoms with Crippen molar-refractivity contribution in [2.75, 3.05) is 12.1 Å². The van der Waals surface area contributed by atoms with Crippen molar-refractivity contribution in [1.82, 2.24) is 4.37 Å². The molecule has 0 spiro atoms. The van der Waals surface area contributed by atoms with Gasteiger partial charge in [0.25, 0.3) is 0 Å². The van der Waals surface area contributed by atoms with Gasteiger partial charge in [-0.15, -0.1) is 0 Å². The minimum atomic E-state index is 0.112. The minimum Gasteiger partial charge on any atom is -0.504 e. The third kappa shape index (κ3) is 3.19. The second kappa shape index (κ2) is 6.88. The van der Waals surface area contributed by atoms with Crippen LogP contribution in [-0.4, -0.2) is 28.8 Å². The van der Waals surface area contributed by atoms with Gasteiger partial charge in [0.05, 0.1) is 18.0 Å². The van der Waals surface area contributed by atoms with Crippen molar-refractivity contribution in [3.05, 3.63) is 48.0 Å². The van der Waals surface area contributed by atoms with E-state index in [1.54, 1.807) is 24.4 Å². The van der Waals surface area contributed by atoms with Crippen LogP contribution in [0.25, 0.3) is 10.1 Å². The summed E-state index contributed by atoms with van der Waals surface area (Å²) in [5.41, 5.74) is 0.842. The van der Waals surface area contributed by atoms with E-state index in [0.717, 1.165) is 21.5 Å². The molecule has 5 nitrogen and oxygen atoms in total. The van der Waals surface area contributed by atoms with Gasteiger partial charge in [-0.1, -0.05) is 12.1 Å². The normalized spacial score (nSPS) is 11.5. The van der Waals surface area contributed by atoms with Crippen LogP contribution >= 0.6 is 11.5 Å². The Morgan fingerprint density at radius 2 is 2.04 bits per heavy atom. The van der Waals surface area contributed by atoms with Crippen LogP contribution in [0.15, 0.2) is 47.6 Å². The second-order valence-corrected chi connectivity index (χ2v) is 6.42. The Morgan fingerprint density at radius 1 is 1.25 bits per heavy atom. The quantitative estimate of drug-likeness (QED) is 0.556. The molecule has 0 aliphatic carbocycles. The van der Waals surface area contributed by atoms with Gasteiger partial charge in [0, 0.05) is 11.4 Å². The topological polar surface area (TPSA) is 58.0 Å². The molecule has 0 saturated carbocycles. The summed E-state index contributed by atoms with van der Waals surface area (Å²) in [4.78, 5) is 0. The van der Waals surface area contributed by atoms with Crippen LogP contribution in [0.2, 0.25) is 0 Å². The molecule has 0 aliphatic heterocycles. The molecule has 0 unspecified atom stereocenters. The first-order chi connectivity index (χ1) is 11.6. The van der Waals surface area contributed by atoms with E-state index in [9.17, 15) is 5.11 Å². The number of aromatic nitrogens is 1. The van der Waals surface area contributed by atoms with E-state index >= 15 is 0 Å². The first-order valence-electron chi connectivity index (χ1n) is 7.65. The van der Waals surface area contributed by atoms with Crippen molar-refractivity contribution in [1.29, 1.82) is 0 Å². The third-order valence-corrected chi connectivity index (χ3v) is 4.42. The van der Waals surface area contributed by atoms with Gasteiger partial charge in [0.1, 0.15) is 0 Å². The lowest BCUT2D eigenvalue weighted by Crippen LogP contribution is -2.25. The van der Waals surface area contributed by atoms with E-state index in [0.29, 0.717) is 5.75 Å². The Kier molecular flexibility index (Phi) is 4.66. The lowest BCUT2D eigenvalue weighted by Gasteiger charge is -2.21. The number of hydrogen-bond donors (Lipinski definition) is 1. The molecule has 6 heteroatoms. The van der Waals surface area contributed by atoms with Crippen molar-refractivity contribution in [2.45, 2.75) is 19.9 Å². The monoisotopic (exact) mass is 341 g/mol. The van der Waals surface area contributed by atoms with Crippen LogP contribution < -0.4 is 9.75 Å². The van der Waals surface area contributed by atoms with Crippen LogP contribution in [0, 0.1) is 0 Å². The number of fused-ring (bicyclic) bond motifs is 1. The number of methoxy groups -OCH3 is 1. The summed E-state index contributed by atoms with van der Waals surface area (Å²) in [6.45, 7) is 4.14. The van der Waals surface area contributed by atoms with Gasteiger partial charge in [-0.2, -0.15) is 9.47 Å². The Labute approximate surface area is 145 Å². The van der Waals surface area contributed by atoms with E-state index in [2.05, 4.69) is 35.5 Å². The van der Waals surface area contributed by atoms with Crippen LogP contribution in [-0.2, 0) is 0 Å². The van der Waals surface area contributed by atoms with Gasteiger partial charge in [-0.05, 0) is 61.3 Å². The highest BCUT2D eigenvalue weighted by molar-refractivity contribution is 7.13. The fraction of sp³-hybridized carbons (Fsp3) is 0.222. The van der Waals surface area contributed by atoms with Crippen molar-refractivity contribution in [2.24, 2.45) is 5.10 Å². The average Bonchev–Trinajstić information content (AvgIpc) is 3.00. The number of anilines is 1. The van der Waals surface area contributed by atoms with Gasteiger partial charge in [0.2, 0.25) is 0 Å². The van der Waals surface area contributed by atoms with Gasteiger partial charge in [0.15, 0.2) is 17.3 Å². The number of ether oxygens (including phenoxy) is 1. The molecule has 1 heterocycles. The van der Waals surface area contributed by atoms with E-state index < -0.39 is 0 Å². The first-order valence-corrected chi connectivity index (χ1v) is 8.42. The van der Waals surface area contributed by atoms with Gasteiger partial charge >= 0.3 is 0 Å². The molecule has 1 N–H and O–H groups in total. The summed E-state index contributed by atoms with van der Waals surface area (Å²) in [7, 11) is 1.53. The summed E-state index contributed by atoms with van der Waals surface area (Å²) in [5.74, 6) is 1.39. The first kappa shape index (κ1) is 16.3. The molecule has 0 radical (unpaired) electrons. The van der Waals surface area contributed by atoms with Gasteiger partial charge in [-0.3, -0.25) is 0 Å². The molecule has 0 fully saturated rings. The maximum Gasteiger partial charge on any atom is 0.170 e. The molecule has 2 aromatic carbocycles. The molecule has 0 saturated heterocycles. The van der Waals surface area contributed by atoms with Crippen LogP contribution in [0.4, 0.5) is 5.82 Å². The maximum atomic E-state index is 9.68. The fourth-order valence-corrected chi connectivity index (χ4v) is 3.14. The Hall–Kier alpha value is -2.60. The zero-order valence-electron chi connectivity index (χ0n) is 13.8. The van der Waals surface area contributed by atoms with E-state index in [4.69, 9.17) is 4.74 Å². The number of hydrogen-bond acceptors (Lipinski definition) is 6. The Bertz CT molecular complexity index is 874. The highest BCUT2D eigenvalue weighted by atomic mass is 32.1.